The van der Waals surface area contributed by atoms with Gasteiger partial charge in [0.2, 0.25) is 6.79 Å². The highest BCUT2D eigenvalue weighted by molar-refractivity contribution is 5.95. The first-order chi connectivity index (χ1) is 14.6. The number of ether oxygens (including phenoxy) is 2. The minimum atomic E-state index is -0.391. The van der Waals surface area contributed by atoms with Gasteiger partial charge in [-0.1, -0.05) is 48.5 Å². The molecule has 3 aromatic rings. The zero-order valence-corrected chi connectivity index (χ0v) is 16.8. The number of hydrogen-bond donors (Lipinski definition) is 0. The molecule has 5 rings (SSSR count). The van der Waals surface area contributed by atoms with Crippen molar-refractivity contribution in [2.75, 3.05) is 6.79 Å². The topological polar surface area (TPSA) is 52.6 Å². The average molecular weight is 398 g/mol. The predicted molar refractivity (Wildman–Crippen MR) is 114 cm³/mol. The molecule has 1 saturated carbocycles. The van der Waals surface area contributed by atoms with E-state index in [0.29, 0.717) is 12.0 Å². The Balaban J connectivity index is 1.36. The molecule has 1 aliphatic heterocycles. The first-order valence-corrected chi connectivity index (χ1v) is 10.2. The Kier molecular flexibility index (Phi) is 4.43. The van der Waals surface area contributed by atoms with Crippen LogP contribution in [0.1, 0.15) is 39.9 Å². The van der Waals surface area contributed by atoms with E-state index in [0.717, 1.165) is 58.4 Å². The maximum absolute atomic E-state index is 13.2. The molecule has 30 heavy (non-hydrogen) atoms. The summed E-state index contributed by atoms with van der Waals surface area (Å²) in [5, 5.41) is 0. The molecule has 0 radical (unpaired) electrons. The Morgan fingerprint density at radius 1 is 0.967 bits per heavy atom. The zero-order chi connectivity index (χ0) is 20.7. The fraction of sp³-hybridized carbons (Fsp3) is 0.231. The largest absolute Gasteiger partial charge is 0.454 e. The summed E-state index contributed by atoms with van der Waals surface area (Å²) in [5.41, 5.74) is 5.62. The number of benzene rings is 3. The third kappa shape index (κ3) is 3.18. The van der Waals surface area contributed by atoms with E-state index >= 15 is 0 Å². The molecule has 0 spiro atoms. The van der Waals surface area contributed by atoms with Gasteiger partial charge in [-0.25, -0.2) is 0 Å². The normalized spacial score (nSPS) is 15.6. The number of rotatable bonds is 6. The average Bonchev–Trinajstić information content (AvgIpc) is 3.45. The van der Waals surface area contributed by atoms with Crippen LogP contribution >= 0.6 is 0 Å². The van der Waals surface area contributed by atoms with E-state index in [2.05, 4.69) is 19.1 Å². The van der Waals surface area contributed by atoms with Crippen LogP contribution in [0.5, 0.6) is 11.5 Å². The lowest BCUT2D eigenvalue weighted by Gasteiger charge is -2.16. The van der Waals surface area contributed by atoms with E-state index in [-0.39, 0.29) is 12.6 Å². The van der Waals surface area contributed by atoms with Gasteiger partial charge in [0, 0.05) is 12.0 Å². The number of carbonyl (C=O) groups excluding carboxylic acids is 2. The highest BCUT2D eigenvalue weighted by Crippen LogP contribution is 2.51. The first-order valence-electron chi connectivity index (χ1n) is 10.2. The zero-order valence-electron chi connectivity index (χ0n) is 16.8. The molecule has 0 N–H and O–H groups in total. The number of fused-ring (bicyclic) bond motifs is 1. The van der Waals surface area contributed by atoms with Gasteiger partial charge >= 0.3 is 0 Å². The van der Waals surface area contributed by atoms with Crippen molar-refractivity contribution in [3.05, 3.63) is 82.9 Å². The Morgan fingerprint density at radius 2 is 1.73 bits per heavy atom. The van der Waals surface area contributed by atoms with Crippen LogP contribution in [0.3, 0.4) is 0 Å². The molecule has 4 nitrogen and oxygen atoms in total. The van der Waals surface area contributed by atoms with Crippen molar-refractivity contribution in [3.8, 4) is 22.6 Å². The summed E-state index contributed by atoms with van der Waals surface area (Å²) in [6, 6.07) is 19.6. The molecule has 0 unspecified atom stereocenters. The third-order valence-electron chi connectivity index (χ3n) is 6.22. The minimum absolute atomic E-state index is 0.239. The third-order valence-corrected chi connectivity index (χ3v) is 6.22. The van der Waals surface area contributed by atoms with Crippen molar-refractivity contribution < 1.29 is 19.1 Å². The SMILES string of the molecule is Cc1cc(CC(=O)C2(c3ccc4c(c3)OCO4)CC2)ccc1-c1ccc(C=O)cc1. The van der Waals surface area contributed by atoms with Crippen LogP contribution in [0.15, 0.2) is 60.7 Å². The number of ketones is 1. The molecule has 0 aromatic heterocycles. The van der Waals surface area contributed by atoms with E-state index in [1.165, 1.54) is 0 Å². The second-order valence-corrected chi connectivity index (χ2v) is 8.14. The highest BCUT2D eigenvalue weighted by Gasteiger charge is 2.50. The van der Waals surface area contributed by atoms with Crippen LogP contribution in [0.2, 0.25) is 0 Å². The van der Waals surface area contributed by atoms with Gasteiger partial charge in [-0.05, 0) is 59.7 Å². The summed E-state index contributed by atoms with van der Waals surface area (Å²) in [6.07, 6.45) is 3.02. The van der Waals surface area contributed by atoms with E-state index in [9.17, 15) is 9.59 Å². The summed E-state index contributed by atoms with van der Waals surface area (Å²) in [7, 11) is 0. The maximum atomic E-state index is 13.2. The number of Topliss-reactive ketones (excluding diaryl/α,β-unsaturated/α-hetero) is 1. The second-order valence-electron chi connectivity index (χ2n) is 8.14. The van der Waals surface area contributed by atoms with Crippen molar-refractivity contribution in [2.45, 2.75) is 31.6 Å². The molecule has 0 amide bonds. The van der Waals surface area contributed by atoms with Gasteiger partial charge in [0.1, 0.15) is 12.1 Å². The smallest absolute Gasteiger partial charge is 0.231 e. The van der Waals surface area contributed by atoms with Crippen LogP contribution in [0.4, 0.5) is 0 Å². The van der Waals surface area contributed by atoms with E-state index < -0.39 is 5.41 Å². The van der Waals surface area contributed by atoms with Crippen LogP contribution in [0, 0.1) is 6.92 Å². The van der Waals surface area contributed by atoms with Crippen molar-refractivity contribution in [2.24, 2.45) is 0 Å². The molecule has 1 heterocycles. The van der Waals surface area contributed by atoms with Gasteiger partial charge in [0.15, 0.2) is 11.5 Å². The Morgan fingerprint density at radius 3 is 2.43 bits per heavy atom. The Labute approximate surface area is 175 Å². The molecule has 0 saturated heterocycles. The lowest BCUT2D eigenvalue weighted by atomic mass is 9.87. The molecular weight excluding hydrogens is 376 g/mol. The quantitative estimate of drug-likeness (QED) is 0.546. The number of aryl methyl sites for hydroxylation is 1. The van der Waals surface area contributed by atoms with Gasteiger partial charge in [0.05, 0.1) is 5.41 Å². The first kappa shape index (κ1) is 18.6. The van der Waals surface area contributed by atoms with Gasteiger partial charge in [-0.2, -0.15) is 0 Å². The summed E-state index contributed by atoms with van der Waals surface area (Å²) < 4.78 is 10.9. The number of carbonyl (C=O) groups is 2. The van der Waals surface area contributed by atoms with Crippen LogP contribution in [-0.2, 0) is 16.6 Å². The molecule has 0 atom stereocenters. The van der Waals surface area contributed by atoms with Crippen LogP contribution in [0.25, 0.3) is 11.1 Å². The molecule has 0 bridgehead atoms. The van der Waals surface area contributed by atoms with Crippen molar-refractivity contribution in [1.82, 2.24) is 0 Å². The summed E-state index contributed by atoms with van der Waals surface area (Å²) >= 11 is 0. The van der Waals surface area contributed by atoms with Crippen molar-refractivity contribution in [1.29, 1.82) is 0 Å². The number of hydrogen-bond acceptors (Lipinski definition) is 4. The molecule has 3 aromatic carbocycles. The highest BCUT2D eigenvalue weighted by atomic mass is 16.7. The van der Waals surface area contributed by atoms with Crippen molar-refractivity contribution >= 4 is 12.1 Å². The monoisotopic (exact) mass is 398 g/mol. The van der Waals surface area contributed by atoms with E-state index in [1.807, 2.05) is 48.5 Å². The molecule has 1 fully saturated rings. The molecule has 1 aliphatic carbocycles. The van der Waals surface area contributed by atoms with Gasteiger partial charge < -0.3 is 9.47 Å². The Bertz CT molecular complexity index is 1140. The minimum Gasteiger partial charge on any atom is -0.454 e. The molecular formula is C26H22O4. The molecule has 150 valence electrons. The van der Waals surface area contributed by atoms with E-state index in [4.69, 9.17) is 9.47 Å². The van der Waals surface area contributed by atoms with Crippen LogP contribution in [-0.4, -0.2) is 18.9 Å². The van der Waals surface area contributed by atoms with Gasteiger partial charge in [-0.3, -0.25) is 9.59 Å². The Hall–Kier alpha value is -3.40. The molecule has 4 heteroatoms. The van der Waals surface area contributed by atoms with Crippen molar-refractivity contribution in [3.63, 3.8) is 0 Å². The van der Waals surface area contributed by atoms with Gasteiger partial charge in [0.25, 0.3) is 0 Å². The fourth-order valence-corrected chi connectivity index (χ4v) is 4.30. The van der Waals surface area contributed by atoms with Crippen LogP contribution < -0.4 is 9.47 Å². The summed E-state index contributed by atoms with van der Waals surface area (Å²) in [6.45, 7) is 2.30. The fourth-order valence-electron chi connectivity index (χ4n) is 4.30. The van der Waals surface area contributed by atoms with E-state index in [1.54, 1.807) is 0 Å². The number of aldehydes is 1. The maximum Gasteiger partial charge on any atom is 0.231 e. The van der Waals surface area contributed by atoms with Gasteiger partial charge in [-0.15, -0.1) is 0 Å². The predicted octanol–water partition coefficient (Wildman–Crippen LogP) is 5.05. The summed E-state index contributed by atoms with van der Waals surface area (Å²) in [4.78, 5) is 24.1. The summed E-state index contributed by atoms with van der Waals surface area (Å²) in [5.74, 6) is 1.73. The lowest BCUT2D eigenvalue weighted by Crippen LogP contribution is -2.22. The standard InChI is InChI=1S/C26H22O4/c1-17-12-19(4-8-22(17)20-5-2-18(15-27)3-6-20)13-25(28)26(10-11-26)21-7-9-23-24(14-21)30-16-29-23/h2-9,12,14-15H,10-11,13,16H2,1H3. The second kappa shape index (κ2) is 7.13. The lowest BCUT2D eigenvalue weighted by molar-refractivity contribution is -0.120. The molecule has 2 aliphatic rings.